The molecule has 0 nitrogen and oxygen atoms in total. The second-order valence-corrected chi connectivity index (χ2v) is 0. The quantitative estimate of drug-likeness (QED) is 0.274. The molecule has 0 atom stereocenters. The zero-order valence-electron chi connectivity index (χ0n) is 1.72. The summed E-state index contributed by atoms with van der Waals surface area (Å²) in [5.74, 6) is 0. The van der Waals surface area contributed by atoms with Gasteiger partial charge in [-0.25, -0.2) is 0 Å². The van der Waals surface area contributed by atoms with Gasteiger partial charge in [0.05, 0.1) is 0 Å². The summed E-state index contributed by atoms with van der Waals surface area (Å²) < 4.78 is 0. The van der Waals surface area contributed by atoms with Crippen LogP contribution in [0.5, 0.6) is 0 Å². The van der Waals surface area contributed by atoms with E-state index in [1.807, 2.05) is 0 Å². The van der Waals surface area contributed by atoms with Crippen LogP contribution in [0.15, 0.2) is 0 Å². The standard InChI is InChI=1S/Ag.Bi.In.Sn.8H. The molecule has 0 aliphatic rings. The van der Waals surface area contributed by atoms with Crippen molar-refractivity contribution in [3.8, 4) is 0 Å². The first-order chi connectivity index (χ1) is 0. The van der Waals surface area contributed by atoms with Crippen LogP contribution in [0.25, 0.3) is 0 Å². The molecule has 0 aromatic rings. The van der Waals surface area contributed by atoms with Gasteiger partial charge in [-0.05, 0) is 0 Å². The van der Waals surface area contributed by atoms with Crippen molar-refractivity contribution in [3.05, 3.63) is 0 Å². The van der Waals surface area contributed by atoms with E-state index in [9.17, 15) is 0 Å². The van der Waals surface area contributed by atoms with Crippen LogP contribution in [0.2, 0.25) is 0 Å². The second kappa shape index (κ2) is 16.3. The molecule has 4 heteroatoms. The summed E-state index contributed by atoms with van der Waals surface area (Å²) in [6, 6.07) is 0. The fraction of sp³-hybridized carbons (Fsp3) is 0. The topological polar surface area (TPSA) is 0 Å². The molecule has 0 fully saturated rings. The normalized spacial score (nSPS) is 0. The Labute approximate surface area is 96.2 Å². The van der Waals surface area contributed by atoms with Crippen molar-refractivity contribution in [1.82, 2.24) is 0 Å². The van der Waals surface area contributed by atoms with Crippen LogP contribution >= 0.6 is 0 Å². The summed E-state index contributed by atoms with van der Waals surface area (Å²) in [6.07, 6.45) is 0. The third kappa shape index (κ3) is 9.00. The molecule has 0 heterocycles. The van der Waals surface area contributed by atoms with E-state index in [-0.39, 0.29) is 98.3 Å². The molecule has 31 valence electrons. The Hall–Kier alpha value is 3.29. The first kappa shape index (κ1) is 26.6. The maximum atomic E-state index is 0. The van der Waals surface area contributed by atoms with E-state index < -0.39 is 0 Å². The van der Waals surface area contributed by atoms with Crippen molar-refractivity contribution >= 4 is 76.0 Å². The summed E-state index contributed by atoms with van der Waals surface area (Å²) in [5.41, 5.74) is 0. The summed E-state index contributed by atoms with van der Waals surface area (Å²) in [5, 5.41) is 0. The van der Waals surface area contributed by atoms with Gasteiger partial charge in [-0.15, -0.1) is 0 Å². The van der Waals surface area contributed by atoms with Crippen molar-refractivity contribution < 1.29 is 22.4 Å². The molecule has 4 heavy (non-hydrogen) atoms. The van der Waals surface area contributed by atoms with Crippen LogP contribution in [0, 0.1) is 0 Å². The molecule has 0 spiro atoms. The number of hydrogen-bond acceptors (Lipinski definition) is 0. The molecule has 0 bridgehead atoms. The predicted molar refractivity (Wildman–Crippen MR) is 28.4 cm³/mol. The third-order valence-electron chi connectivity index (χ3n) is 0. The summed E-state index contributed by atoms with van der Waals surface area (Å²) >= 11 is 0. The first-order valence-electron chi connectivity index (χ1n) is 0. The van der Waals surface area contributed by atoms with Gasteiger partial charge in [-0.2, -0.15) is 0 Å². The zero-order chi connectivity index (χ0) is 0. The van der Waals surface area contributed by atoms with Gasteiger partial charge in [0.25, 0.3) is 0 Å². The van der Waals surface area contributed by atoms with Crippen LogP contribution in [0.3, 0.4) is 0 Å². The average Bonchev–Trinajstić information content (AvgIpc) is 0. The molecule has 0 saturated carbocycles. The summed E-state index contributed by atoms with van der Waals surface area (Å²) in [7, 11) is 0. The van der Waals surface area contributed by atoms with Gasteiger partial charge >= 0.3 is 76.0 Å². The Balaban J connectivity index is 0. The number of hydrogen-bond donors (Lipinski definition) is 0. The fourth-order valence-electron chi connectivity index (χ4n) is 0. The minimum absolute atomic E-state index is 0. The molecule has 0 rings (SSSR count). The van der Waals surface area contributed by atoms with E-state index in [0.29, 0.717) is 0 Å². The van der Waals surface area contributed by atoms with Crippen molar-refractivity contribution in [2.45, 2.75) is 0 Å². The van der Waals surface area contributed by atoms with Gasteiger partial charge in [0.1, 0.15) is 0 Å². The SMILES string of the molecule is [Ag].[BiH3].[InH3].[SnH2]. The minimum atomic E-state index is 0. The molecule has 0 unspecified atom stereocenters. The Morgan fingerprint density at radius 1 is 1.00 bits per heavy atom. The summed E-state index contributed by atoms with van der Waals surface area (Å²) in [6.45, 7) is 0. The van der Waals surface area contributed by atoms with Gasteiger partial charge in [0.15, 0.2) is 0 Å². The van der Waals surface area contributed by atoms with E-state index in [0.717, 1.165) is 0 Å². The first-order valence-corrected chi connectivity index (χ1v) is 0. The number of rotatable bonds is 0. The van der Waals surface area contributed by atoms with E-state index in [4.69, 9.17) is 0 Å². The fourth-order valence-corrected chi connectivity index (χ4v) is 0. The van der Waals surface area contributed by atoms with Gasteiger partial charge in [-0.1, -0.05) is 0 Å². The molecule has 0 aromatic carbocycles. The van der Waals surface area contributed by atoms with Crippen LogP contribution in [-0.4, -0.2) is 76.0 Å². The van der Waals surface area contributed by atoms with E-state index in [1.165, 1.54) is 0 Å². The Kier molecular flexibility index (Phi) is 108. The Bertz CT molecular complexity index is 8.00. The van der Waals surface area contributed by atoms with Crippen LogP contribution in [0.4, 0.5) is 0 Å². The molecule has 3 radical (unpaired) electrons. The van der Waals surface area contributed by atoms with Gasteiger partial charge in [0, 0.05) is 22.4 Å². The molecular weight excluding hydrogens is 550 g/mol. The Morgan fingerprint density at radius 2 is 1.00 bits per heavy atom. The molecule has 0 saturated heterocycles. The van der Waals surface area contributed by atoms with Crippen molar-refractivity contribution in [1.29, 1.82) is 0 Å². The average molecular weight is 558 g/mol. The van der Waals surface area contributed by atoms with Gasteiger partial charge in [-0.3, -0.25) is 0 Å². The monoisotopic (exact) mass is 559 g/mol. The zero-order valence-corrected chi connectivity index (χ0v) is 12.7. The van der Waals surface area contributed by atoms with Crippen LogP contribution < -0.4 is 0 Å². The molecular formula is H8AgBiInSn. The van der Waals surface area contributed by atoms with Gasteiger partial charge in [0.2, 0.25) is 0 Å². The molecule has 0 aromatic heterocycles. The van der Waals surface area contributed by atoms with Crippen molar-refractivity contribution in [3.63, 3.8) is 0 Å². The van der Waals surface area contributed by atoms with E-state index in [2.05, 4.69) is 0 Å². The third-order valence-corrected chi connectivity index (χ3v) is 0. The van der Waals surface area contributed by atoms with Crippen molar-refractivity contribution in [2.75, 3.05) is 0 Å². The Morgan fingerprint density at radius 3 is 1.00 bits per heavy atom. The summed E-state index contributed by atoms with van der Waals surface area (Å²) in [4.78, 5) is 0. The van der Waals surface area contributed by atoms with E-state index >= 15 is 0 Å². The molecule has 0 amide bonds. The predicted octanol–water partition coefficient (Wildman–Crippen LogP) is -3.29. The molecule has 0 N–H and O–H groups in total. The van der Waals surface area contributed by atoms with Crippen LogP contribution in [0.1, 0.15) is 0 Å². The molecule has 0 aliphatic carbocycles. The van der Waals surface area contributed by atoms with Crippen LogP contribution in [-0.2, 0) is 22.4 Å². The maximum absolute atomic E-state index is 0. The van der Waals surface area contributed by atoms with E-state index in [1.54, 1.807) is 0 Å². The van der Waals surface area contributed by atoms with Gasteiger partial charge < -0.3 is 0 Å². The second-order valence-electron chi connectivity index (χ2n) is 0. The van der Waals surface area contributed by atoms with Crippen molar-refractivity contribution in [2.24, 2.45) is 0 Å². The molecule has 0 aliphatic heterocycles.